The monoisotopic (exact) mass is 732 g/mol. The van der Waals surface area contributed by atoms with E-state index >= 15 is 0 Å². The fourth-order valence-corrected chi connectivity index (χ4v) is 10.2. The second kappa shape index (κ2) is 11.7. The Morgan fingerprint density at radius 1 is 0.607 bits per heavy atom. The summed E-state index contributed by atoms with van der Waals surface area (Å²) in [4.78, 5) is 11.9. The molecule has 0 radical (unpaired) electrons. The van der Waals surface area contributed by atoms with Crippen LogP contribution in [0.4, 0.5) is 0 Å². The molecule has 0 unspecified atom stereocenters. The number of aryl methyl sites for hydroxylation is 1. The average molecular weight is 733 g/mol. The summed E-state index contributed by atoms with van der Waals surface area (Å²) < 4.78 is 6.11. The van der Waals surface area contributed by atoms with Crippen molar-refractivity contribution >= 4 is 103 Å². The Kier molecular flexibility index (Phi) is 6.54. The Balaban J connectivity index is 1.26. The molecule has 0 saturated carbocycles. The molecule has 0 spiro atoms. The molecular weight excluding hydrogens is 701 g/mol. The lowest BCUT2D eigenvalue weighted by atomic mass is 10.0. The number of fused-ring (bicyclic) bond motifs is 11. The van der Waals surface area contributed by atoms with Crippen LogP contribution in [0.25, 0.3) is 109 Å². The summed E-state index contributed by atoms with van der Waals surface area (Å²) >= 11 is 1.74. The SMILES string of the molecule is C=C/C(=C\c1c(C)c2cc3c4ccccc4n(-c4nc(-c5ccc6ccccc6c5)nc5sc6ccccc6c45)c3c3c4ccccc4n1c23)c1ccccc1. The minimum atomic E-state index is 0.721. The van der Waals surface area contributed by atoms with Crippen molar-refractivity contribution in [3.05, 3.63) is 181 Å². The Hall–Kier alpha value is -7.08. The first-order valence-electron chi connectivity index (χ1n) is 19.0. The number of hydrogen-bond donors (Lipinski definition) is 0. The maximum absolute atomic E-state index is 5.61. The van der Waals surface area contributed by atoms with Crippen molar-refractivity contribution in [3.8, 4) is 17.2 Å². The van der Waals surface area contributed by atoms with Crippen LogP contribution in [0.2, 0.25) is 0 Å². The number of allylic oxidation sites excluding steroid dienone is 2. The van der Waals surface area contributed by atoms with Crippen LogP contribution in [0.1, 0.15) is 16.8 Å². The first-order valence-corrected chi connectivity index (χ1v) is 19.8. The summed E-state index contributed by atoms with van der Waals surface area (Å²) in [6, 6.07) is 54.3. The summed E-state index contributed by atoms with van der Waals surface area (Å²) in [5.74, 6) is 1.62. The zero-order chi connectivity index (χ0) is 37.1. The third kappa shape index (κ3) is 4.29. The minimum Gasteiger partial charge on any atom is -0.308 e. The molecule has 0 fully saturated rings. The van der Waals surface area contributed by atoms with E-state index in [0.717, 1.165) is 49.6 Å². The molecule has 5 aromatic heterocycles. The molecule has 0 amide bonds. The molecule has 12 rings (SSSR count). The predicted molar refractivity (Wildman–Crippen MR) is 239 cm³/mol. The smallest absolute Gasteiger partial charge is 0.163 e. The van der Waals surface area contributed by atoms with Gasteiger partial charge in [0.15, 0.2) is 11.6 Å². The lowest BCUT2D eigenvalue weighted by molar-refractivity contribution is 1.08. The van der Waals surface area contributed by atoms with Gasteiger partial charge in [-0.3, -0.25) is 4.57 Å². The number of para-hydroxylation sites is 2. The van der Waals surface area contributed by atoms with E-state index in [4.69, 9.17) is 9.97 Å². The van der Waals surface area contributed by atoms with E-state index in [1.807, 2.05) is 6.08 Å². The number of aromatic nitrogens is 4. The first-order chi connectivity index (χ1) is 27.7. The fraction of sp³-hybridized carbons (Fsp3) is 0.0196. The highest BCUT2D eigenvalue weighted by atomic mass is 32.1. The molecule has 7 aromatic carbocycles. The van der Waals surface area contributed by atoms with Crippen LogP contribution in [0.15, 0.2) is 164 Å². The summed E-state index contributed by atoms with van der Waals surface area (Å²) in [5, 5.41) is 10.7. The lowest BCUT2D eigenvalue weighted by Gasteiger charge is -2.12. The van der Waals surface area contributed by atoms with E-state index in [0.29, 0.717) is 0 Å². The molecule has 0 aliphatic carbocycles. The molecule has 0 bridgehead atoms. The van der Waals surface area contributed by atoms with Crippen LogP contribution < -0.4 is 0 Å². The van der Waals surface area contributed by atoms with Crippen LogP contribution in [0, 0.1) is 6.92 Å². The topological polar surface area (TPSA) is 35.1 Å². The average Bonchev–Trinajstić information content (AvgIpc) is 3.98. The van der Waals surface area contributed by atoms with Crippen molar-refractivity contribution in [2.24, 2.45) is 0 Å². The largest absolute Gasteiger partial charge is 0.308 e. The molecular formula is C51H32N4S. The Labute approximate surface area is 325 Å². The standard InChI is InChI=1S/C51H32N4S/c1-3-31(32-15-5-4-6-16-32)28-43-30(2)39-29-40-36-19-9-12-22-41(36)55(48(40)45-37-20-10-13-23-42(37)54(43)47(39)45)50-46-38-21-11-14-24-44(38)56-51(46)53-49(52-50)35-26-25-33-17-7-8-18-34(33)27-35/h3-29H,1H2,2H3/b31-28+. The van der Waals surface area contributed by atoms with Gasteiger partial charge in [-0.1, -0.05) is 134 Å². The molecule has 12 aromatic rings. The molecule has 5 heterocycles. The van der Waals surface area contributed by atoms with Crippen molar-refractivity contribution < 1.29 is 0 Å². The van der Waals surface area contributed by atoms with Gasteiger partial charge >= 0.3 is 0 Å². The lowest BCUT2D eigenvalue weighted by Crippen LogP contribution is -2.02. The number of nitrogens with zero attached hydrogens (tertiary/aromatic N) is 4. The maximum atomic E-state index is 5.61. The molecule has 4 nitrogen and oxygen atoms in total. The summed E-state index contributed by atoms with van der Waals surface area (Å²) in [5.41, 5.74) is 10.3. The van der Waals surface area contributed by atoms with Crippen molar-refractivity contribution in [2.75, 3.05) is 0 Å². The van der Waals surface area contributed by atoms with E-state index in [-0.39, 0.29) is 0 Å². The zero-order valence-corrected chi connectivity index (χ0v) is 31.3. The fourth-order valence-electron chi connectivity index (χ4n) is 9.10. The Morgan fingerprint density at radius 3 is 2.16 bits per heavy atom. The second-order valence-electron chi connectivity index (χ2n) is 14.6. The van der Waals surface area contributed by atoms with E-state index < -0.39 is 0 Å². The third-order valence-electron chi connectivity index (χ3n) is 11.7. The molecule has 0 atom stereocenters. The van der Waals surface area contributed by atoms with Gasteiger partial charge in [-0.2, -0.15) is 0 Å². The predicted octanol–water partition coefficient (Wildman–Crippen LogP) is 13.8. The van der Waals surface area contributed by atoms with Gasteiger partial charge in [0.25, 0.3) is 0 Å². The molecule has 262 valence electrons. The van der Waals surface area contributed by atoms with Gasteiger partial charge in [-0.25, -0.2) is 9.97 Å². The number of hydrogen-bond acceptors (Lipinski definition) is 3. The highest BCUT2D eigenvalue weighted by molar-refractivity contribution is 7.25. The zero-order valence-electron chi connectivity index (χ0n) is 30.5. The maximum Gasteiger partial charge on any atom is 0.163 e. The first kappa shape index (κ1) is 31.3. The third-order valence-corrected chi connectivity index (χ3v) is 12.7. The Bertz CT molecular complexity index is 3620. The van der Waals surface area contributed by atoms with E-state index in [1.165, 1.54) is 70.1 Å². The highest BCUT2D eigenvalue weighted by Crippen LogP contribution is 2.47. The highest BCUT2D eigenvalue weighted by Gasteiger charge is 2.27. The van der Waals surface area contributed by atoms with Gasteiger partial charge < -0.3 is 4.40 Å². The number of benzene rings is 7. The minimum absolute atomic E-state index is 0.721. The number of thiophene rings is 1. The van der Waals surface area contributed by atoms with E-state index in [9.17, 15) is 0 Å². The van der Waals surface area contributed by atoms with Gasteiger partial charge in [0.2, 0.25) is 0 Å². The summed E-state index contributed by atoms with van der Waals surface area (Å²) in [6.45, 7) is 6.50. The Morgan fingerprint density at radius 2 is 1.32 bits per heavy atom. The molecule has 0 N–H and O–H groups in total. The van der Waals surface area contributed by atoms with Crippen molar-refractivity contribution in [1.29, 1.82) is 0 Å². The van der Waals surface area contributed by atoms with Gasteiger partial charge in [0.1, 0.15) is 4.83 Å². The molecule has 0 aliphatic heterocycles. The van der Waals surface area contributed by atoms with Crippen LogP contribution in [-0.4, -0.2) is 18.9 Å². The molecule has 0 aliphatic rings. The van der Waals surface area contributed by atoms with Gasteiger partial charge in [0, 0.05) is 42.6 Å². The van der Waals surface area contributed by atoms with Crippen LogP contribution >= 0.6 is 11.3 Å². The summed E-state index contributed by atoms with van der Waals surface area (Å²) in [6.07, 6.45) is 4.28. The van der Waals surface area contributed by atoms with E-state index in [1.54, 1.807) is 11.3 Å². The molecule has 0 saturated heterocycles. The van der Waals surface area contributed by atoms with Crippen molar-refractivity contribution in [3.63, 3.8) is 0 Å². The quantitative estimate of drug-likeness (QED) is 0.165. The van der Waals surface area contributed by atoms with Crippen molar-refractivity contribution in [1.82, 2.24) is 18.9 Å². The van der Waals surface area contributed by atoms with Gasteiger partial charge in [-0.15, -0.1) is 11.3 Å². The van der Waals surface area contributed by atoms with E-state index in [2.05, 4.69) is 180 Å². The van der Waals surface area contributed by atoms with Gasteiger partial charge in [0.05, 0.1) is 33.1 Å². The van der Waals surface area contributed by atoms with Gasteiger partial charge in [-0.05, 0) is 70.8 Å². The van der Waals surface area contributed by atoms with Crippen LogP contribution in [-0.2, 0) is 0 Å². The molecule has 5 heteroatoms. The van der Waals surface area contributed by atoms with Crippen LogP contribution in [0.5, 0.6) is 0 Å². The normalized spacial score (nSPS) is 12.6. The second-order valence-corrected chi connectivity index (χ2v) is 15.7. The van der Waals surface area contributed by atoms with Crippen molar-refractivity contribution in [2.45, 2.75) is 6.92 Å². The summed E-state index contributed by atoms with van der Waals surface area (Å²) in [7, 11) is 0. The molecule has 56 heavy (non-hydrogen) atoms. The van der Waals surface area contributed by atoms with Crippen LogP contribution in [0.3, 0.4) is 0 Å². The number of rotatable bonds is 5.